The number of piperidine rings is 1. The van der Waals surface area contributed by atoms with E-state index in [4.69, 9.17) is 14.0 Å². The molecule has 23 heavy (non-hydrogen) atoms. The fourth-order valence-corrected chi connectivity index (χ4v) is 3.03. The molecule has 1 saturated heterocycles. The Hall–Kier alpha value is -1.92. The van der Waals surface area contributed by atoms with Gasteiger partial charge >= 0.3 is 0 Å². The van der Waals surface area contributed by atoms with Gasteiger partial charge in [0.05, 0.1) is 20.3 Å². The highest BCUT2D eigenvalue weighted by Crippen LogP contribution is 2.22. The Morgan fingerprint density at radius 1 is 1.26 bits per heavy atom. The quantitative estimate of drug-likeness (QED) is 0.816. The number of nitrogens with zero attached hydrogens (tertiary/aromatic N) is 3. The van der Waals surface area contributed by atoms with Crippen molar-refractivity contribution < 1.29 is 14.0 Å². The maximum absolute atomic E-state index is 5.41. The van der Waals surface area contributed by atoms with Crippen LogP contribution in [0.1, 0.15) is 18.7 Å². The average Bonchev–Trinajstić information content (AvgIpc) is 3.04. The van der Waals surface area contributed by atoms with Crippen LogP contribution >= 0.6 is 0 Å². The van der Waals surface area contributed by atoms with E-state index in [2.05, 4.69) is 15.0 Å². The molecule has 6 nitrogen and oxygen atoms in total. The van der Waals surface area contributed by atoms with Gasteiger partial charge in [-0.25, -0.2) is 0 Å². The van der Waals surface area contributed by atoms with E-state index >= 15 is 0 Å². The molecule has 1 aromatic carbocycles. The van der Waals surface area contributed by atoms with E-state index < -0.39 is 0 Å². The van der Waals surface area contributed by atoms with Crippen LogP contribution in [0.15, 0.2) is 28.8 Å². The molecule has 2 heterocycles. The molecule has 1 fully saturated rings. The summed E-state index contributed by atoms with van der Waals surface area (Å²) in [5, 5.41) is 4.08. The summed E-state index contributed by atoms with van der Waals surface area (Å²) >= 11 is 0. The van der Waals surface area contributed by atoms with Crippen molar-refractivity contribution >= 4 is 0 Å². The molecule has 0 bridgehead atoms. The zero-order chi connectivity index (χ0) is 16.1. The van der Waals surface area contributed by atoms with Crippen LogP contribution in [0.4, 0.5) is 0 Å². The summed E-state index contributed by atoms with van der Waals surface area (Å²) in [4.78, 5) is 6.87. The summed E-state index contributed by atoms with van der Waals surface area (Å²) < 4.78 is 15.8. The number of rotatable bonds is 6. The third kappa shape index (κ3) is 4.09. The largest absolute Gasteiger partial charge is 0.497 e. The molecule has 6 heteroatoms. The highest BCUT2D eigenvalue weighted by atomic mass is 16.5. The Morgan fingerprint density at radius 3 is 2.83 bits per heavy atom. The van der Waals surface area contributed by atoms with E-state index in [-0.39, 0.29) is 0 Å². The predicted molar refractivity (Wildman–Crippen MR) is 86.2 cm³/mol. The maximum atomic E-state index is 5.41. The van der Waals surface area contributed by atoms with Crippen LogP contribution in [0, 0.1) is 5.92 Å². The van der Waals surface area contributed by atoms with Gasteiger partial charge < -0.3 is 14.0 Å². The van der Waals surface area contributed by atoms with Crippen molar-refractivity contribution in [3.8, 4) is 17.1 Å². The van der Waals surface area contributed by atoms with Crippen LogP contribution in [0.2, 0.25) is 0 Å². The van der Waals surface area contributed by atoms with Crippen LogP contribution in [-0.2, 0) is 11.3 Å². The first-order chi connectivity index (χ1) is 11.3. The zero-order valence-corrected chi connectivity index (χ0v) is 13.7. The summed E-state index contributed by atoms with van der Waals surface area (Å²) in [6, 6.07) is 7.66. The minimum absolute atomic E-state index is 0.595. The number of methoxy groups -OCH3 is 2. The number of aromatic nitrogens is 2. The Kier molecular flexibility index (Phi) is 5.25. The maximum Gasteiger partial charge on any atom is 0.241 e. The first-order valence-corrected chi connectivity index (χ1v) is 7.97. The third-order valence-electron chi connectivity index (χ3n) is 4.18. The van der Waals surface area contributed by atoms with Crippen LogP contribution < -0.4 is 4.74 Å². The summed E-state index contributed by atoms with van der Waals surface area (Å²) in [7, 11) is 3.41. The predicted octanol–water partition coefficient (Wildman–Crippen LogP) is 2.60. The van der Waals surface area contributed by atoms with E-state index in [1.54, 1.807) is 14.2 Å². The lowest BCUT2D eigenvalue weighted by Gasteiger charge is -2.31. The van der Waals surface area contributed by atoms with E-state index in [0.29, 0.717) is 24.2 Å². The zero-order valence-electron chi connectivity index (χ0n) is 13.7. The summed E-state index contributed by atoms with van der Waals surface area (Å²) in [5.41, 5.74) is 0.928. The molecule has 0 radical (unpaired) electrons. The molecule has 0 saturated carbocycles. The normalized spacial score (nSPS) is 19.0. The van der Waals surface area contributed by atoms with Crippen molar-refractivity contribution in [2.75, 3.05) is 33.9 Å². The smallest absolute Gasteiger partial charge is 0.241 e. The fourth-order valence-electron chi connectivity index (χ4n) is 3.03. The van der Waals surface area contributed by atoms with E-state index in [9.17, 15) is 0 Å². The number of hydrogen-bond acceptors (Lipinski definition) is 6. The Labute approximate surface area is 136 Å². The molecule has 124 valence electrons. The van der Waals surface area contributed by atoms with Gasteiger partial charge in [0.25, 0.3) is 0 Å². The van der Waals surface area contributed by atoms with Crippen molar-refractivity contribution in [2.45, 2.75) is 19.4 Å². The lowest BCUT2D eigenvalue weighted by Crippen LogP contribution is -2.36. The third-order valence-corrected chi connectivity index (χ3v) is 4.18. The van der Waals surface area contributed by atoms with Crippen molar-refractivity contribution in [2.24, 2.45) is 5.92 Å². The highest BCUT2D eigenvalue weighted by molar-refractivity contribution is 5.55. The number of hydrogen-bond donors (Lipinski definition) is 0. The molecule has 1 atom stereocenters. The molecule has 0 aliphatic carbocycles. The molecule has 0 amide bonds. The molecular weight excluding hydrogens is 294 g/mol. The summed E-state index contributed by atoms with van der Waals surface area (Å²) in [6.45, 7) is 3.61. The van der Waals surface area contributed by atoms with Gasteiger partial charge in [-0.3, -0.25) is 4.90 Å². The molecule has 0 spiro atoms. The molecule has 1 aliphatic heterocycles. The van der Waals surface area contributed by atoms with Crippen molar-refractivity contribution in [1.29, 1.82) is 0 Å². The molecular formula is C17H23N3O3. The molecule has 0 N–H and O–H groups in total. The minimum Gasteiger partial charge on any atom is -0.497 e. The first-order valence-electron chi connectivity index (χ1n) is 7.97. The molecule has 1 aromatic heterocycles. The molecule has 0 unspecified atom stereocenters. The number of likely N-dealkylation sites (tertiary alicyclic amines) is 1. The van der Waals surface area contributed by atoms with Crippen molar-refractivity contribution in [3.63, 3.8) is 0 Å². The van der Waals surface area contributed by atoms with Crippen LogP contribution in [-0.4, -0.2) is 49.0 Å². The topological polar surface area (TPSA) is 60.6 Å². The lowest BCUT2D eigenvalue weighted by molar-refractivity contribution is 0.0820. The summed E-state index contributed by atoms with van der Waals surface area (Å²) in [5.74, 6) is 2.69. The van der Waals surface area contributed by atoms with E-state index in [1.807, 2.05) is 24.3 Å². The van der Waals surface area contributed by atoms with Gasteiger partial charge in [-0.2, -0.15) is 4.98 Å². The second-order valence-corrected chi connectivity index (χ2v) is 5.94. The Balaban J connectivity index is 1.62. The molecule has 2 aromatic rings. The lowest BCUT2D eigenvalue weighted by atomic mass is 9.99. The van der Waals surface area contributed by atoms with Gasteiger partial charge in [-0.1, -0.05) is 5.16 Å². The second kappa shape index (κ2) is 7.57. The van der Waals surface area contributed by atoms with Crippen molar-refractivity contribution in [3.05, 3.63) is 30.2 Å². The van der Waals surface area contributed by atoms with Gasteiger partial charge in [0, 0.05) is 19.2 Å². The Morgan fingerprint density at radius 2 is 2.09 bits per heavy atom. The van der Waals surface area contributed by atoms with Gasteiger partial charge in [0.1, 0.15) is 5.75 Å². The average molecular weight is 317 g/mol. The van der Waals surface area contributed by atoms with Crippen molar-refractivity contribution in [1.82, 2.24) is 15.0 Å². The van der Waals surface area contributed by atoms with Gasteiger partial charge in [0.2, 0.25) is 11.7 Å². The fraction of sp³-hybridized carbons (Fsp3) is 0.529. The monoisotopic (exact) mass is 317 g/mol. The van der Waals surface area contributed by atoms with Crippen LogP contribution in [0.3, 0.4) is 0 Å². The number of ether oxygens (including phenoxy) is 2. The van der Waals surface area contributed by atoms with Gasteiger partial charge in [0.15, 0.2) is 0 Å². The van der Waals surface area contributed by atoms with E-state index in [0.717, 1.165) is 31.0 Å². The second-order valence-electron chi connectivity index (χ2n) is 5.94. The minimum atomic E-state index is 0.595. The highest BCUT2D eigenvalue weighted by Gasteiger charge is 2.21. The van der Waals surface area contributed by atoms with Gasteiger partial charge in [-0.15, -0.1) is 0 Å². The first kappa shape index (κ1) is 16.0. The van der Waals surface area contributed by atoms with Crippen LogP contribution in [0.5, 0.6) is 5.75 Å². The van der Waals surface area contributed by atoms with E-state index in [1.165, 1.54) is 12.8 Å². The SMILES string of the molecule is COC[C@@H]1CCCN(Cc2nc(-c3ccc(OC)cc3)no2)C1. The summed E-state index contributed by atoms with van der Waals surface area (Å²) in [6.07, 6.45) is 2.42. The molecule has 1 aliphatic rings. The van der Waals surface area contributed by atoms with Crippen LogP contribution in [0.25, 0.3) is 11.4 Å². The number of benzene rings is 1. The van der Waals surface area contributed by atoms with Gasteiger partial charge in [-0.05, 0) is 49.6 Å². The Bertz CT molecular complexity index is 610. The molecule has 3 rings (SSSR count). The standard InChI is InChI=1S/C17H23N3O3/c1-21-12-13-4-3-9-20(10-13)11-16-18-17(19-23-16)14-5-7-15(22-2)8-6-14/h5-8,13H,3-4,9-12H2,1-2H3/t13-/m1/s1.